The van der Waals surface area contributed by atoms with Gasteiger partial charge in [0.15, 0.2) is 5.82 Å². The van der Waals surface area contributed by atoms with Gasteiger partial charge >= 0.3 is 0 Å². The molecule has 0 radical (unpaired) electrons. The Morgan fingerprint density at radius 3 is 2.76 bits per heavy atom. The van der Waals surface area contributed by atoms with Crippen LogP contribution in [0.2, 0.25) is 0 Å². The summed E-state index contributed by atoms with van der Waals surface area (Å²) in [4.78, 5) is 13.8. The smallest absolute Gasteiger partial charge is 0.237 e. The van der Waals surface area contributed by atoms with Crippen molar-refractivity contribution >= 4 is 23.4 Å². The summed E-state index contributed by atoms with van der Waals surface area (Å²) in [6.45, 7) is 3.99. The molecular weight excluding hydrogens is 343 g/mol. The Labute approximate surface area is 149 Å². The summed E-state index contributed by atoms with van der Waals surface area (Å²) in [6.07, 6.45) is 0.106. The van der Waals surface area contributed by atoms with E-state index in [9.17, 15) is 9.18 Å². The summed E-state index contributed by atoms with van der Waals surface area (Å²) in [6, 6.07) is 7.95. The zero-order valence-corrected chi connectivity index (χ0v) is 14.8. The number of benzene rings is 1. The van der Waals surface area contributed by atoms with Crippen molar-refractivity contribution in [1.82, 2.24) is 14.9 Å². The maximum atomic E-state index is 14.0. The first-order valence-corrected chi connectivity index (χ1v) is 8.69. The lowest BCUT2D eigenvalue weighted by Crippen LogP contribution is -2.34. The molecule has 0 fully saturated rings. The SMILES string of the molecule is CC(C)c1nnc(SCC(=O)N(CCC#N)c2ccccc2F)n1N. The van der Waals surface area contributed by atoms with E-state index in [-0.39, 0.29) is 36.2 Å². The molecule has 9 heteroatoms. The van der Waals surface area contributed by atoms with E-state index in [0.29, 0.717) is 11.0 Å². The predicted octanol–water partition coefficient (Wildman–Crippen LogP) is 2.29. The van der Waals surface area contributed by atoms with Crippen LogP contribution >= 0.6 is 11.8 Å². The van der Waals surface area contributed by atoms with Crippen LogP contribution in [0.25, 0.3) is 0 Å². The van der Waals surface area contributed by atoms with Crippen molar-refractivity contribution in [3.63, 3.8) is 0 Å². The molecule has 2 aromatic rings. The van der Waals surface area contributed by atoms with E-state index >= 15 is 0 Å². The summed E-state index contributed by atoms with van der Waals surface area (Å²) in [5.41, 5.74) is 0.153. The number of hydrogen-bond acceptors (Lipinski definition) is 6. The molecule has 0 aliphatic carbocycles. The van der Waals surface area contributed by atoms with E-state index in [1.54, 1.807) is 12.1 Å². The van der Waals surface area contributed by atoms with Crippen molar-refractivity contribution in [3.05, 3.63) is 35.9 Å². The van der Waals surface area contributed by atoms with E-state index in [1.165, 1.54) is 21.7 Å². The van der Waals surface area contributed by atoms with Crippen LogP contribution in [0, 0.1) is 17.1 Å². The molecule has 1 aromatic heterocycles. The molecular formula is C16H19FN6OS. The highest BCUT2D eigenvalue weighted by Gasteiger charge is 2.20. The van der Waals surface area contributed by atoms with E-state index in [0.717, 1.165) is 11.8 Å². The topological polar surface area (TPSA) is 101 Å². The number of halogens is 1. The fraction of sp³-hybridized carbons (Fsp3) is 0.375. The van der Waals surface area contributed by atoms with Crippen LogP contribution in [0.15, 0.2) is 29.4 Å². The van der Waals surface area contributed by atoms with Crippen LogP contribution in [0.5, 0.6) is 0 Å². The van der Waals surface area contributed by atoms with Gasteiger partial charge in [0.1, 0.15) is 5.82 Å². The number of carbonyl (C=O) groups is 1. The van der Waals surface area contributed by atoms with Crippen LogP contribution in [0.3, 0.4) is 0 Å². The van der Waals surface area contributed by atoms with Gasteiger partial charge in [0, 0.05) is 12.5 Å². The minimum absolute atomic E-state index is 0.00713. The van der Waals surface area contributed by atoms with E-state index in [4.69, 9.17) is 11.1 Å². The number of para-hydroxylation sites is 1. The summed E-state index contributed by atoms with van der Waals surface area (Å²) < 4.78 is 15.4. The van der Waals surface area contributed by atoms with Crippen LogP contribution in [-0.2, 0) is 4.79 Å². The quantitative estimate of drug-likeness (QED) is 0.599. The van der Waals surface area contributed by atoms with E-state index in [1.807, 2.05) is 19.9 Å². The lowest BCUT2D eigenvalue weighted by molar-refractivity contribution is -0.116. The second-order valence-electron chi connectivity index (χ2n) is 5.56. The molecule has 0 aliphatic rings. The Balaban J connectivity index is 2.13. The fourth-order valence-corrected chi connectivity index (χ4v) is 2.94. The molecule has 1 aromatic carbocycles. The molecule has 1 heterocycles. The van der Waals surface area contributed by atoms with E-state index < -0.39 is 5.82 Å². The molecule has 0 spiro atoms. The molecule has 0 bridgehead atoms. The molecule has 0 saturated carbocycles. The van der Waals surface area contributed by atoms with Crippen molar-refractivity contribution < 1.29 is 9.18 Å². The van der Waals surface area contributed by atoms with Crippen molar-refractivity contribution in [3.8, 4) is 6.07 Å². The highest BCUT2D eigenvalue weighted by molar-refractivity contribution is 7.99. The minimum atomic E-state index is -0.511. The first-order valence-electron chi connectivity index (χ1n) is 7.70. The fourth-order valence-electron chi connectivity index (χ4n) is 2.20. The van der Waals surface area contributed by atoms with Gasteiger partial charge in [0.25, 0.3) is 0 Å². The van der Waals surface area contributed by atoms with Gasteiger partial charge in [0.2, 0.25) is 11.1 Å². The number of anilines is 1. The number of hydrogen-bond donors (Lipinski definition) is 1. The van der Waals surface area contributed by atoms with Gasteiger partial charge in [-0.2, -0.15) is 5.26 Å². The van der Waals surface area contributed by atoms with Crippen LogP contribution in [0.1, 0.15) is 32.0 Å². The number of nitriles is 1. The molecule has 132 valence electrons. The number of nitrogens with two attached hydrogens (primary N) is 1. The molecule has 2 rings (SSSR count). The molecule has 1 amide bonds. The summed E-state index contributed by atoms with van der Waals surface area (Å²) >= 11 is 1.12. The Hall–Kier alpha value is -2.60. The monoisotopic (exact) mass is 362 g/mol. The molecule has 7 nitrogen and oxygen atoms in total. The van der Waals surface area contributed by atoms with Crippen molar-refractivity contribution in [2.24, 2.45) is 0 Å². The number of nitrogen functional groups attached to an aromatic ring is 1. The van der Waals surface area contributed by atoms with Gasteiger partial charge in [-0.25, -0.2) is 9.07 Å². The van der Waals surface area contributed by atoms with Gasteiger partial charge in [-0.15, -0.1) is 10.2 Å². The number of amides is 1. The number of thioether (sulfide) groups is 1. The Morgan fingerprint density at radius 2 is 2.16 bits per heavy atom. The zero-order valence-electron chi connectivity index (χ0n) is 14.0. The summed E-state index contributed by atoms with van der Waals surface area (Å²) in [5, 5.41) is 17.2. The maximum Gasteiger partial charge on any atom is 0.237 e. The zero-order chi connectivity index (χ0) is 18.4. The lowest BCUT2D eigenvalue weighted by atomic mass is 10.2. The highest BCUT2D eigenvalue weighted by Crippen LogP contribution is 2.23. The normalized spacial score (nSPS) is 10.7. The van der Waals surface area contributed by atoms with Crippen LogP contribution in [0.4, 0.5) is 10.1 Å². The largest absolute Gasteiger partial charge is 0.336 e. The third kappa shape index (κ3) is 4.48. The van der Waals surface area contributed by atoms with Crippen molar-refractivity contribution in [1.29, 1.82) is 5.26 Å². The van der Waals surface area contributed by atoms with Crippen LogP contribution in [-0.4, -0.2) is 33.1 Å². The van der Waals surface area contributed by atoms with Gasteiger partial charge in [-0.05, 0) is 12.1 Å². The second-order valence-corrected chi connectivity index (χ2v) is 6.50. The first kappa shape index (κ1) is 18.7. The van der Waals surface area contributed by atoms with Gasteiger partial charge in [-0.1, -0.05) is 37.7 Å². The molecule has 0 saturated heterocycles. The Bertz CT molecular complexity index is 785. The molecule has 2 N–H and O–H groups in total. The Morgan fingerprint density at radius 1 is 1.44 bits per heavy atom. The van der Waals surface area contributed by atoms with E-state index in [2.05, 4.69) is 10.2 Å². The van der Waals surface area contributed by atoms with Crippen molar-refractivity contribution in [2.45, 2.75) is 31.3 Å². The average Bonchev–Trinajstić information content (AvgIpc) is 2.95. The minimum Gasteiger partial charge on any atom is -0.336 e. The molecule has 0 atom stereocenters. The summed E-state index contributed by atoms with van der Waals surface area (Å²) in [5.74, 6) is 5.81. The number of carbonyl (C=O) groups excluding carboxylic acids is 1. The molecule has 25 heavy (non-hydrogen) atoms. The lowest BCUT2D eigenvalue weighted by Gasteiger charge is -2.22. The number of nitrogens with zero attached hydrogens (tertiary/aromatic N) is 5. The third-order valence-electron chi connectivity index (χ3n) is 3.42. The van der Waals surface area contributed by atoms with Crippen molar-refractivity contribution in [2.75, 3.05) is 23.0 Å². The van der Waals surface area contributed by atoms with Gasteiger partial charge < -0.3 is 10.7 Å². The summed E-state index contributed by atoms with van der Waals surface area (Å²) in [7, 11) is 0. The molecule has 0 unspecified atom stereocenters. The van der Waals surface area contributed by atoms with Gasteiger partial charge in [-0.3, -0.25) is 4.79 Å². The number of aromatic nitrogens is 3. The van der Waals surface area contributed by atoms with Crippen LogP contribution < -0.4 is 10.7 Å². The average molecular weight is 362 g/mol. The van der Waals surface area contributed by atoms with Gasteiger partial charge in [0.05, 0.1) is 23.9 Å². The maximum absolute atomic E-state index is 14.0. The standard InChI is InChI=1S/C16H19FN6OS/c1-11(2)15-20-21-16(23(15)19)25-10-14(24)22(9-5-8-18)13-7-4-3-6-12(13)17/h3-4,6-7,11H,5,9-10,19H2,1-2H3. The number of rotatable bonds is 7. The molecule has 0 aliphatic heterocycles. The second kappa shape index (κ2) is 8.48. The third-order valence-corrected chi connectivity index (χ3v) is 4.35. The highest BCUT2D eigenvalue weighted by atomic mass is 32.2. The first-order chi connectivity index (χ1) is 12.0. The predicted molar refractivity (Wildman–Crippen MR) is 94.0 cm³/mol. The Kier molecular flexibility index (Phi) is 6.36.